The van der Waals surface area contributed by atoms with Gasteiger partial charge in [-0.25, -0.2) is 8.78 Å². The van der Waals surface area contributed by atoms with Crippen molar-refractivity contribution in [3.05, 3.63) is 29.8 Å². The van der Waals surface area contributed by atoms with E-state index < -0.39 is 35.3 Å². The number of amides is 1. The van der Waals surface area contributed by atoms with Gasteiger partial charge < -0.3 is 15.2 Å². The van der Waals surface area contributed by atoms with E-state index in [0.717, 1.165) is 31.0 Å². The fourth-order valence-electron chi connectivity index (χ4n) is 2.55. The predicted molar refractivity (Wildman–Crippen MR) is 65.4 cm³/mol. The lowest BCUT2D eigenvalue weighted by atomic mass is 9.78. The average molecular weight is 282 g/mol. The van der Waals surface area contributed by atoms with Crippen molar-refractivity contribution in [1.29, 1.82) is 0 Å². The summed E-state index contributed by atoms with van der Waals surface area (Å²) in [7, 11) is 0. The summed E-state index contributed by atoms with van der Waals surface area (Å²) in [5.41, 5.74) is -0.280. The third-order valence-electron chi connectivity index (χ3n) is 3.59. The standard InChI is InChI=1S/C14H15F2NO3/c15-8-5-6-11(16)12(7-8)17-13(18)9-3-1-2-4-10(9)14(19)20/h5-7,9-10H,1-4H2,(H,17,18)(H,19,20)/p-1/t9-,10-/m0/s1. The zero-order chi connectivity index (χ0) is 14.7. The van der Waals surface area contributed by atoms with Gasteiger partial charge in [0.15, 0.2) is 0 Å². The summed E-state index contributed by atoms with van der Waals surface area (Å²) in [5, 5.41) is 13.3. The minimum Gasteiger partial charge on any atom is -0.550 e. The number of carbonyl (C=O) groups is 2. The number of benzene rings is 1. The molecule has 4 nitrogen and oxygen atoms in total. The van der Waals surface area contributed by atoms with E-state index in [0.29, 0.717) is 12.8 Å². The molecule has 0 spiro atoms. The average Bonchev–Trinajstić information content (AvgIpc) is 2.42. The molecule has 0 radical (unpaired) electrons. The van der Waals surface area contributed by atoms with E-state index in [1.165, 1.54) is 0 Å². The van der Waals surface area contributed by atoms with Crippen molar-refractivity contribution in [2.24, 2.45) is 11.8 Å². The van der Waals surface area contributed by atoms with Crippen molar-refractivity contribution >= 4 is 17.6 Å². The molecule has 1 aromatic rings. The van der Waals surface area contributed by atoms with Crippen LogP contribution in [0.2, 0.25) is 0 Å². The van der Waals surface area contributed by atoms with Gasteiger partial charge in [0.1, 0.15) is 11.6 Å². The van der Waals surface area contributed by atoms with Crippen LogP contribution in [0.1, 0.15) is 25.7 Å². The Bertz CT molecular complexity index is 533. The Morgan fingerprint density at radius 2 is 1.80 bits per heavy atom. The molecule has 1 amide bonds. The van der Waals surface area contributed by atoms with Gasteiger partial charge in [0.2, 0.25) is 5.91 Å². The summed E-state index contributed by atoms with van der Waals surface area (Å²) in [5.74, 6) is -4.97. The van der Waals surface area contributed by atoms with E-state index in [-0.39, 0.29) is 5.69 Å². The normalized spacial score (nSPS) is 22.3. The summed E-state index contributed by atoms with van der Waals surface area (Å²) < 4.78 is 26.5. The van der Waals surface area contributed by atoms with Gasteiger partial charge in [0.25, 0.3) is 0 Å². The van der Waals surface area contributed by atoms with Crippen LogP contribution >= 0.6 is 0 Å². The van der Waals surface area contributed by atoms with E-state index in [1.54, 1.807) is 0 Å². The molecule has 0 aromatic heterocycles. The van der Waals surface area contributed by atoms with Crippen molar-refractivity contribution in [2.45, 2.75) is 25.7 Å². The smallest absolute Gasteiger partial charge is 0.228 e. The number of hydrogen-bond acceptors (Lipinski definition) is 3. The van der Waals surface area contributed by atoms with E-state index in [4.69, 9.17) is 0 Å². The van der Waals surface area contributed by atoms with Gasteiger partial charge >= 0.3 is 0 Å². The number of carboxylic acid groups (broad SMARTS) is 1. The first-order valence-electron chi connectivity index (χ1n) is 6.46. The van der Waals surface area contributed by atoms with E-state index in [1.807, 2.05) is 0 Å². The second-order valence-corrected chi connectivity index (χ2v) is 4.93. The lowest BCUT2D eigenvalue weighted by molar-refractivity contribution is -0.313. The first kappa shape index (κ1) is 14.4. The molecule has 0 unspecified atom stereocenters. The molecule has 6 heteroatoms. The van der Waals surface area contributed by atoms with Crippen molar-refractivity contribution in [3.63, 3.8) is 0 Å². The zero-order valence-corrected chi connectivity index (χ0v) is 10.7. The quantitative estimate of drug-likeness (QED) is 0.912. The van der Waals surface area contributed by atoms with Gasteiger partial charge in [-0.15, -0.1) is 0 Å². The Balaban J connectivity index is 2.14. The maximum atomic E-state index is 13.4. The zero-order valence-electron chi connectivity index (χ0n) is 10.7. The number of carboxylic acids is 1. The molecule has 0 aliphatic heterocycles. The summed E-state index contributed by atoms with van der Waals surface area (Å²) in [6, 6.07) is 2.71. The van der Waals surface area contributed by atoms with Crippen LogP contribution in [-0.4, -0.2) is 11.9 Å². The first-order valence-corrected chi connectivity index (χ1v) is 6.46. The number of rotatable bonds is 3. The number of carbonyl (C=O) groups excluding carboxylic acids is 2. The maximum Gasteiger partial charge on any atom is 0.228 e. The molecule has 2 atom stereocenters. The summed E-state index contributed by atoms with van der Waals surface area (Å²) in [6.45, 7) is 0. The van der Waals surface area contributed by atoms with Gasteiger partial charge in [-0.3, -0.25) is 4.79 Å². The molecule has 1 fully saturated rings. The Morgan fingerprint density at radius 1 is 1.15 bits per heavy atom. The van der Waals surface area contributed by atoms with Gasteiger partial charge in [-0.2, -0.15) is 0 Å². The third-order valence-corrected chi connectivity index (χ3v) is 3.59. The van der Waals surface area contributed by atoms with Gasteiger partial charge in [-0.1, -0.05) is 12.8 Å². The van der Waals surface area contributed by atoms with Crippen molar-refractivity contribution in [2.75, 3.05) is 5.32 Å². The van der Waals surface area contributed by atoms with Crippen LogP contribution in [0.25, 0.3) is 0 Å². The molecule has 108 valence electrons. The van der Waals surface area contributed by atoms with Gasteiger partial charge in [-0.05, 0) is 25.0 Å². The summed E-state index contributed by atoms with van der Waals surface area (Å²) in [4.78, 5) is 23.1. The van der Waals surface area contributed by atoms with Crippen molar-refractivity contribution in [1.82, 2.24) is 0 Å². The number of aliphatic carboxylic acids is 1. The van der Waals surface area contributed by atoms with Crippen molar-refractivity contribution in [3.8, 4) is 0 Å². The topological polar surface area (TPSA) is 69.2 Å². The Labute approximate surface area is 114 Å². The second kappa shape index (κ2) is 5.98. The van der Waals surface area contributed by atoms with Gasteiger partial charge in [0.05, 0.1) is 5.69 Å². The lowest BCUT2D eigenvalue weighted by Crippen LogP contribution is -2.42. The Hall–Kier alpha value is -1.98. The van der Waals surface area contributed by atoms with Crippen LogP contribution in [-0.2, 0) is 9.59 Å². The van der Waals surface area contributed by atoms with E-state index in [2.05, 4.69) is 5.32 Å². The Kier molecular flexibility index (Phi) is 4.32. The third kappa shape index (κ3) is 3.12. The van der Waals surface area contributed by atoms with Crippen LogP contribution in [0.4, 0.5) is 14.5 Å². The molecule has 0 heterocycles. The highest BCUT2D eigenvalue weighted by Crippen LogP contribution is 2.31. The molecule has 1 N–H and O–H groups in total. The highest BCUT2D eigenvalue weighted by Gasteiger charge is 2.32. The molecular formula is C14H14F2NO3-. The number of nitrogens with one attached hydrogen (secondary N) is 1. The minimum absolute atomic E-state index is 0.280. The summed E-state index contributed by atoms with van der Waals surface area (Å²) in [6.07, 6.45) is 2.22. The fourth-order valence-corrected chi connectivity index (χ4v) is 2.55. The van der Waals surface area contributed by atoms with Crippen LogP contribution in [0.15, 0.2) is 18.2 Å². The molecule has 1 saturated carbocycles. The molecule has 0 bridgehead atoms. The number of halogens is 2. The molecular weight excluding hydrogens is 268 g/mol. The second-order valence-electron chi connectivity index (χ2n) is 4.93. The van der Waals surface area contributed by atoms with Crippen LogP contribution in [0.3, 0.4) is 0 Å². The fraction of sp³-hybridized carbons (Fsp3) is 0.429. The van der Waals surface area contributed by atoms with Crippen LogP contribution < -0.4 is 10.4 Å². The molecule has 2 rings (SSSR count). The highest BCUT2D eigenvalue weighted by molar-refractivity contribution is 5.95. The van der Waals surface area contributed by atoms with Crippen molar-refractivity contribution < 1.29 is 23.5 Å². The predicted octanol–water partition coefficient (Wildman–Crippen LogP) is 1.46. The first-order chi connectivity index (χ1) is 9.49. The minimum atomic E-state index is -1.27. The number of hydrogen-bond donors (Lipinski definition) is 1. The van der Waals surface area contributed by atoms with E-state index >= 15 is 0 Å². The molecule has 1 aromatic carbocycles. The highest BCUT2D eigenvalue weighted by atomic mass is 19.1. The Morgan fingerprint density at radius 3 is 2.45 bits per heavy atom. The lowest BCUT2D eigenvalue weighted by Gasteiger charge is -2.31. The monoisotopic (exact) mass is 282 g/mol. The van der Waals surface area contributed by atoms with Crippen LogP contribution in [0, 0.1) is 23.5 Å². The maximum absolute atomic E-state index is 13.4. The molecule has 1 aliphatic rings. The molecule has 1 aliphatic carbocycles. The van der Waals surface area contributed by atoms with Gasteiger partial charge in [0, 0.05) is 23.9 Å². The number of anilines is 1. The SMILES string of the molecule is O=C([O-])[C@H]1CCCC[C@@H]1C(=O)Nc1cc(F)ccc1F. The molecule has 0 saturated heterocycles. The largest absolute Gasteiger partial charge is 0.550 e. The molecule has 20 heavy (non-hydrogen) atoms. The van der Waals surface area contributed by atoms with Crippen LogP contribution in [0.5, 0.6) is 0 Å². The van der Waals surface area contributed by atoms with E-state index in [9.17, 15) is 23.5 Å². The summed E-state index contributed by atoms with van der Waals surface area (Å²) >= 11 is 0.